The minimum Gasteiger partial charge on any atom is -0.372 e. The van der Waals surface area contributed by atoms with Crippen LogP contribution in [0.5, 0.6) is 0 Å². The summed E-state index contributed by atoms with van der Waals surface area (Å²) in [7, 11) is 0. The maximum Gasteiger partial charge on any atom is 0.131 e. The number of Topliss-reactive ketones (excluding diaryl/α,β-unsaturated/α-hetero) is 1. The number of likely N-dealkylation sites (tertiary alicyclic amines) is 1. The van der Waals surface area contributed by atoms with E-state index in [1.54, 1.807) is 6.92 Å². The molecule has 1 saturated heterocycles. The molecule has 1 fully saturated rings. The van der Waals surface area contributed by atoms with Crippen LogP contribution in [0.3, 0.4) is 0 Å². The summed E-state index contributed by atoms with van der Waals surface area (Å²) in [5.74, 6) is 0.298. The molecule has 0 bridgehead atoms. The molecule has 2 unspecified atom stereocenters. The number of ketones is 1. The molecule has 1 aromatic rings. The fourth-order valence-corrected chi connectivity index (χ4v) is 3.54. The minimum absolute atomic E-state index is 0.174. The summed E-state index contributed by atoms with van der Waals surface area (Å²) in [6.07, 6.45) is 4.23. The third kappa shape index (κ3) is 2.94. The van der Waals surface area contributed by atoms with Crippen LogP contribution in [0.1, 0.15) is 43.4 Å². The van der Waals surface area contributed by atoms with Crippen LogP contribution in [0.25, 0.3) is 0 Å². The van der Waals surface area contributed by atoms with Crippen LogP contribution in [-0.4, -0.2) is 36.4 Å². The van der Waals surface area contributed by atoms with Gasteiger partial charge in [-0.3, -0.25) is 9.69 Å². The van der Waals surface area contributed by atoms with Crippen molar-refractivity contribution < 1.29 is 9.53 Å². The van der Waals surface area contributed by atoms with Gasteiger partial charge in [-0.1, -0.05) is 24.3 Å². The Morgan fingerprint density at radius 3 is 3.10 bits per heavy atom. The molecular formula is C17H23NO2. The zero-order valence-corrected chi connectivity index (χ0v) is 12.2. The first-order valence-electron chi connectivity index (χ1n) is 7.67. The van der Waals surface area contributed by atoms with Crippen LogP contribution in [0, 0.1) is 0 Å². The standard InChI is InChI=1S/C17H23NO2/c1-13(19)11-15-6-4-9-18(15)12-17-16-7-3-2-5-14(16)8-10-20-17/h2-3,5,7,15,17H,4,6,8-12H2,1H3. The Kier molecular flexibility index (Phi) is 4.18. The van der Waals surface area contributed by atoms with Crippen molar-refractivity contribution in [2.24, 2.45) is 0 Å². The highest BCUT2D eigenvalue weighted by Crippen LogP contribution is 2.30. The monoisotopic (exact) mass is 273 g/mol. The summed E-state index contributed by atoms with van der Waals surface area (Å²) in [6.45, 7) is 4.53. The Bertz CT molecular complexity index is 486. The van der Waals surface area contributed by atoms with E-state index >= 15 is 0 Å². The first kappa shape index (κ1) is 13.8. The molecule has 3 heteroatoms. The lowest BCUT2D eigenvalue weighted by molar-refractivity contribution is -0.118. The van der Waals surface area contributed by atoms with E-state index in [0.717, 1.165) is 32.5 Å². The van der Waals surface area contributed by atoms with E-state index in [1.807, 2.05) is 0 Å². The highest BCUT2D eigenvalue weighted by atomic mass is 16.5. The summed E-state index contributed by atoms with van der Waals surface area (Å²) < 4.78 is 5.99. The van der Waals surface area contributed by atoms with Gasteiger partial charge in [0.25, 0.3) is 0 Å². The summed E-state index contributed by atoms with van der Waals surface area (Å²) in [5.41, 5.74) is 2.76. The summed E-state index contributed by atoms with van der Waals surface area (Å²) in [5, 5.41) is 0. The molecular weight excluding hydrogens is 250 g/mol. The van der Waals surface area contributed by atoms with Crippen LogP contribution in [-0.2, 0) is 16.0 Å². The topological polar surface area (TPSA) is 29.5 Å². The summed E-state index contributed by atoms with van der Waals surface area (Å²) in [4.78, 5) is 13.8. The second kappa shape index (κ2) is 6.06. The molecule has 0 aromatic heterocycles. The third-order valence-electron chi connectivity index (χ3n) is 4.51. The average Bonchev–Trinajstić information content (AvgIpc) is 2.86. The fourth-order valence-electron chi connectivity index (χ4n) is 3.54. The molecule has 2 atom stereocenters. The highest BCUT2D eigenvalue weighted by Gasteiger charge is 2.30. The lowest BCUT2D eigenvalue weighted by Crippen LogP contribution is -2.36. The molecule has 0 amide bonds. The molecule has 1 aromatic carbocycles. The van der Waals surface area contributed by atoms with Gasteiger partial charge in [-0.2, -0.15) is 0 Å². The van der Waals surface area contributed by atoms with Crippen molar-refractivity contribution in [2.75, 3.05) is 19.7 Å². The van der Waals surface area contributed by atoms with E-state index in [-0.39, 0.29) is 6.10 Å². The molecule has 2 aliphatic heterocycles. The largest absolute Gasteiger partial charge is 0.372 e. The molecule has 2 aliphatic rings. The summed E-state index contributed by atoms with van der Waals surface area (Å²) in [6, 6.07) is 9.02. The lowest BCUT2D eigenvalue weighted by atomic mass is 9.97. The number of carbonyl (C=O) groups excluding carboxylic acids is 1. The number of carbonyl (C=O) groups is 1. The molecule has 2 heterocycles. The van der Waals surface area contributed by atoms with Crippen molar-refractivity contribution in [2.45, 2.75) is 44.8 Å². The third-order valence-corrected chi connectivity index (χ3v) is 4.51. The number of fused-ring (bicyclic) bond motifs is 1. The van der Waals surface area contributed by atoms with Gasteiger partial charge in [0.2, 0.25) is 0 Å². The highest BCUT2D eigenvalue weighted by molar-refractivity contribution is 5.76. The van der Waals surface area contributed by atoms with Gasteiger partial charge in [0.1, 0.15) is 5.78 Å². The van der Waals surface area contributed by atoms with E-state index in [1.165, 1.54) is 17.5 Å². The van der Waals surface area contributed by atoms with E-state index in [0.29, 0.717) is 18.2 Å². The smallest absolute Gasteiger partial charge is 0.131 e. The van der Waals surface area contributed by atoms with Gasteiger partial charge >= 0.3 is 0 Å². The maximum absolute atomic E-state index is 11.4. The van der Waals surface area contributed by atoms with Crippen LogP contribution >= 0.6 is 0 Å². The molecule has 108 valence electrons. The predicted molar refractivity (Wildman–Crippen MR) is 78.7 cm³/mol. The second-order valence-electron chi connectivity index (χ2n) is 6.01. The molecule has 0 spiro atoms. The Balaban J connectivity index is 1.70. The van der Waals surface area contributed by atoms with Gasteiger partial charge in [-0.05, 0) is 43.9 Å². The predicted octanol–water partition coefficient (Wildman–Crippen LogP) is 2.74. The van der Waals surface area contributed by atoms with Gasteiger partial charge in [-0.15, -0.1) is 0 Å². The molecule has 3 nitrogen and oxygen atoms in total. The van der Waals surface area contributed by atoms with Crippen molar-refractivity contribution in [1.82, 2.24) is 4.90 Å². The normalized spacial score (nSPS) is 26.4. The first-order valence-corrected chi connectivity index (χ1v) is 7.67. The Labute approximate surface area is 120 Å². The quantitative estimate of drug-likeness (QED) is 0.845. The SMILES string of the molecule is CC(=O)CC1CCCN1CC1OCCc2ccccc21. The molecule has 3 rings (SSSR count). The van der Waals surface area contributed by atoms with Crippen LogP contribution < -0.4 is 0 Å². The van der Waals surface area contributed by atoms with Crippen molar-refractivity contribution in [3.05, 3.63) is 35.4 Å². The molecule has 0 aliphatic carbocycles. The van der Waals surface area contributed by atoms with Crippen molar-refractivity contribution in [3.8, 4) is 0 Å². The molecule has 0 radical (unpaired) electrons. The minimum atomic E-state index is 0.174. The summed E-state index contributed by atoms with van der Waals surface area (Å²) >= 11 is 0. The molecule has 0 N–H and O–H groups in total. The number of hydrogen-bond donors (Lipinski definition) is 0. The molecule has 0 saturated carbocycles. The van der Waals surface area contributed by atoms with Gasteiger partial charge in [-0.25, -0.2) is 0 Å². The number of nitrogens with zero attached hydrogens (tertiary/aromatic N) is 1. The van der Waals surface area contributed by atoms with E-state index in [9.17, 15) is 4.79 Å². The van der Waals surface area contributed by atoms with Crippen molar-refractivity contribution in [3.63, 3.8) is 0 Å². The first-order chi connectivity index (χ1) is 9.74. The van der Waals surface area contributed by atoms with Gasteiger partial charge < -0.3 is 4.74 Å². The number of ether oxygens (including phenoxy) is 1. The molecule has 20 heavy (non-hydrogen) atoms. The van der Waals surface area contributed by atoms with Crippen molar-refractivity contribution in [1.29, 1.82) is 0 Å². The Morgan fingerprint density at radius 1 is 1.40 bits per heavy atom. The second-order valence-corrected chi connectivity index (χ2v) is 6.01. The lowest BCUT2D eigenvalue weighted by Gasteiger charge is -2.32. The maximum atomic E-state index is 11.4. The van der Waals surface area contributed by atoms with Crippen LogP contribution in [0.4, 0.5) is 0 Å². The number of hydrogen-bond acceptors (Lipinski definition) is 3. The Hall–Kier alpha value is -1.19. The average molecular weight is 273 g/mol. The number of benzene rings is 1. The van der Waals surface area contributed by atoms with Crippen LogP contribution in [0.2, 0.25) is 0 Å². The van der Waals surface area contributed by atoms with E-state index in [4.69, 9.17) is 4.74 Å². The van der Waals surface area contributed by atoms with Gasteiger partial charge in [0, 0.05) is 19.0 Å². The van der Waals surface area contributed by atoms with Crippen LogP contribution in [0.15, 0.2) is 24.3 Å². The Morgan fingerprint density at radius 2 is 2.25 bits per heavy atom. The van der Waals surface area contributed by atoms with E-state index < -0.39 is 0 Å². The number of rotatable bonds is 4. The van der Waals surface area contributed by atoms with Gasteiger partial charge in [0.15, 0.2) is 0 Å². The zero-order valence-electron chi connectivity index (χ0n) is 12.2. The fraction of sp³-hybridized carbons (Fsp3) is 0.588. The van der Waals surface area contributed by atoms with Crippen molar-refractivity contribution >= 4 is 5.78 Å². The zero-order chi connectivity index (χ0) is 13.9. The van der Waals surface area contributed by atoms with E-state index in [2.05, 4.69) is 29.2 Å². The van der Waals surface area contributed by atoms with Gasteiger partial charge in [0.05, 0.1) is 12.7 Å².